The van der Waals surface area contributed by atoms with Gasteiger partial charge in [0.2, 0.25) is 5.91 Å². The third kappa shape index (κ3) is 4.26. The van der Waals surface area contributed by atoms with Crippen LogP contribution in [0.5, 0.6) is 17.2 Å². The van der Waals surface area contributed by atoms with Crippen LogP contribution in [0.3, 0.4) is 0 Å². The molecule has 1 aromatic heterocycles. The third-order valence-electron chi connectivity index (χ3n) is 4.32. The lowest BCUT2D eigenvalue weighted by Crippen LogP contribution is -2.16. The summed E-state index contributed by atoms with van der Waals surface area (Å²) in [6.45, 7) is 1.07. The van der Waals surface area contributed by atoms with Crippen molar-refractivity contribution in [3.8, 4) is 27.8 Å². The first kappa shape index (κ1) is 18.3. The lowest BCUT2D eigenvalue weighted by molar-refractivity contribution is -0.116. The second-order valence-corrected chi connectivity index (χ2v) is 7.14. The van der Waals surface area contributed by atoms with Crippen LogP contribution >= 0.6 is 11.3 Å². The van der Waals surface area contributed by atoms with Crippen molar-refractivity contribution < 1.29 is 19.0 Å². The number of carbonyl (C=O) groups is 1. The van der Waals surface area contributed by atoms with Crippen LogP contribution < -0.4 is 19.5 Å². The molecule has 0 unspecified atom stereocenters. The van der Waals surface area contributed by atoms with E-state index in [0.717, 1.165) is 22.0 Å². The second-order valence-electron chi connectivity index (χ2n) is 6.28. The van der Waals surface area contributed by atoms with E-state index in [0.29, 0.717) is 43.2 Å². The number of hydrogen-bond donors (Lipinski definition) is 1. The van der Waals surface area contributed by atoms with E-state index in [1.54, 1.807) is 24.5 Å². The van der Waals surface area contributed by atoms with Gasteiger partial charge in [0, 0.05) is 29.1 Å². The molecule has 6 nitrogen and oxygen atoms in total. The largest absolute Gasteiger partial charge is 0.497 e. The molecule has 28 heavy (non-hydrogen) atoms. The number of nitrogens with zero attached hydrogens (tertiary/aromatic N) is 1. The van der Waals surface area contributed by atoms with Gasteiger partial charge < -0.3 is 19.5 Å². The Morgan fingerprint density at radius 1 is 1.14 bits per heavy atom. The first-order valence-electron chi connectivity index (χ1n) is 8.99. The average molecular weight is 396 g/mol. The highest BCUT2D eigenvalue weighted by molar-refractivity contribution is 7.13. The molecular weight excluding hydrogens is 376 g/mol. The third-order valence-corrected chi connectivity index (χ3v) is 5.26. The lowest BCUT2D eigenvalue weighted by atomic mass is 10.2. The Hall–Kier alpha value is -3.06. The Labute approximate surface area is 167 Å². The summed E-state index contributed by atoms with van der Waals surface area (Å²) >= 11 is 1.57. The van der Waals surface area contributed by atoms with E-state index in [1.807, 2.05) is 41.8 Å². The van der Waals surface area contributed by atoms with E-state index >= 15 is 0 Å². The number of rotatable bonds is 6. The lowest BCUT2D eigenvalue weighted by Gasteiger charge is -2.19. The minimum atomic E-state index is -0.0596. The maximum Gasteiger partial charge on any atom is 0.224 e. The molecule has 0 fully saturated rings. The second kappa shape index (κ2) is 8.31. The molecule has 144 valence electrons. The molecule has 3 aromatic rings. The number of aromatic nitrogens is 1. The van der Waals surface area contributed by atoms with Crippen molar-refractivity contribution in [1.82, 2.24) is 4.98 Å². The number of aryl methyl sites for hydroxylation is 1. The van der Waals surface area contributed by atoms with Crippen molar-refractivity contribution in [2.45, 2.75) is 12.8 Å². The van der Waals surface area contributed by atoms with Gasteiger partial charge in [-0.1, -0.05) is 0 Å². The van der Waals surface area contributed by atoms with Crippen molar-refractivity contribution in [2.24, 2.45) is 0 Å². The number of fused-ring (bicyclic) bond motifs is 1. The Kier molecular flexibility index (Phi) is 5.43. The summed E-state index contributed by atoms with van der Waals surface area (Å²) in [5.41, 5.74) is 2.65. The fourth-order valence-electron chi connectivity index (χ4n) is 2.87. The van der Waals surface area contributed by atoms with Gasteiger partial charge in [0.05, 0.1) is 12.8 Å². The van der Waals surface area contributed by atoms with Crippen molar-refractivity contribution in [3.63, 3.8) is 0 Å². The van der Waals surface area contributed by atoms with Gasteiger partial charge in [-0.2, -0.15) is 0 Å². The first-order valence-corrected chi connectivity index (χ1v) is 9.87. The van der Waals surface area contributed by atoms with E-state index in [1.165, 1.54) is 0 Å². The van der Waals surface area contributed by atoms with E-state index < -0.39 is 0 Å². The Balaban J connectivity index is 1.33. The predicted molar refractivity (Wildman–Crippen MR) is 108 cm³/mol. The molecule has 0 saturated heterocycles. The van der Waals surface area contributed by atoms with Crippen LogP contribution in [0.25, 0.3) is 10.6 Å². The van der Waals surface area contributed by atoms with Gasteiger partial charge in [-0.05, 0) is 42.8 Å². The maximum absolute atomic E-state index is 12.3. The fourth-order valence-corrected chi connectivity index (χ4v) is 3.73. The maximum atomic E-state index is 12.3. The number of benzene rings is 2. The van der Waals surface area contributed by atoms with Crippen LogP contribution in [0.2, 0.25) is 0 Å². The van der Waals surface area contributed by atoms with Gasteiger partial charge in [-0.3, -0.25) is 4.79 Å². The van der Waals surface area contributed by atoms with Crippen LogP contribution in [0.15, 0.2) is 47.8 Å². The number of anilines is 1. The topological polar surface area (TPSA) is 69.7 Å². The number of amides is 1. The Morgan fingerprint density at radius 2 is 1.93 bits per heavy atom. The van der Waals surface area contributed by atoms with Crippen molar-refractivity contribution in [2.75, 3.05) is 25.6 Å². The highest BCUT2D eigenvalue weighted by Gasteiger charge is 2.13. The van der Waals surface area contributed by atoms with Gasteiger partial charge in [-0.25, -0.2) is 4.98 Å². The van der Waals surface area contributed by atoms with Crippen LogP contribution in [0.1, 0.15) is 12.1 Å². The molecule has 1 aliphatic rings. The SMILES string of the molecule is COc1ccc(-c2nc(CCC(=O)Nc3ccc4c(c3)OCCO4)cs2)cc1. The molecule has 1 amide bonds. The van der Waals surface area contributed by atoms with Gasteiger partial charge in [0.1, 0.15) is 24.0 Å². The zero-order chi connectivity index (χ0) is 19.3. The van der Waals surface area contributed by atoms with Crippen LogP contribution in [0.4, 0.5) is 5.69 Å². The summed E-state index contributed by atoms with van der Waals surface area (Å²) in [7, 11) is 1.65. The van der Waals surface area contributed by atoms with Gasteiger partial charge in [0.25, 0.3) is 0 Å². The van der Waals surface area contributed by atoms with E-state index in [2.05, 4.69) is 10.3 Å². The molecule has 0 bridgehead atoms. The van der Waals surface area contributed by atoms with Crippen molar-refractivity contribution >= 4 is 22.9 Å². The minimum Gasteiger partial charge on any atom is -0.497 e. The number of methoxy groups -OCH3 is 1. The summed E-state index contributed by atoms with van der Waals surface area (Å²) in [4.78, 5) is 16.9. The van der Waals surface area contributed by atoms with Gasteiger partial charge >= 0.3 is 0 Å². The van der Waals surface area contributed by atoms with Crippen molar-refractivity contribution in [1.29, 1.82) is 0 Å². The summed E-state index contributed by atoms with van der Waals surface area (Å²) in [5, 5.41) is 5.83. The summed E-state index contributed by atoms with van der Waals surface area (Å²) in [6, 6.07) is 13.2. The molecule has 0 aliphatic carbocycles. The summed E-state index contributed by atoms with van der Waals surface area (Å²) in [5.74, 6) is 2.12. The molecule has 0 spiro atoms. The zero-order valence-corrected chi connectivity index (χ0v) is 16.3. The Bertz CT molecular complexity index is 969. The fraction of sp³-hybridized carbons (Fsp3) is 0.238. The smallest absolute Gasteiger partial charge is 0.224 e. The van der Waals surface area contributed by atoms with E-state index in [4.69, 9.17) is 14.2 Å². The summed E-state index contributed by atoms with van der Waals surface area (Å²) in [6.07, 6.45) is 0.948. The molecule has 0 saturated carbocycles. The highest BCUT2D eigenvalue weighted by Crippen LogP contribution is 2.32. The van der Waals surface area contributed by atoms with Crippen LogP contribution in [-0.2, 0) is 11.2 Å². The monoisotopic (exact) mass is 396 g/mol. The molecule has 1 N–H and O–H groups in total. The van der Waals surface area contributed by atoms with Gasteiger partial charge in [-0.15, -0.1) is 11.3 Å². The molecule has 7 heteroatoms. The highest BCUT2D eigenvalue weighted by atomic mass is 32.1. The minimum absolute atomic E-state index is 0.0596. The molecule has 0 radical (unpaired) electrons. The molecule has 0 atom stereocenters. The summed E-state index contributed by atoms with van der Waals surface area (Å²) < 4.78 is 16.2. The quantitative estimate of drug-likeness (QED) is 0.677. The molecule has 2 heterocycles. The molecule has 1 aliphatic heterocycles. The molecule has 4 rings (SSSR count). The van der Waals surface area contributed by atoms with E-state index in [9.17, 15) is 4.79 Å². The number of hydrogen-bond acceptors (Lipinski definition) is 6. The number of nitrogens with one attached hydrogen (secondary N) is 1. The first-order chi connectivity index (χ1) is 13.7. The average Bonchev–Trinajstić information content (AvgIpc) is 3.21. The van der Waals surface area contributed by atoms with E-state index in [-0.39, 0.29) is 5.91 Å². The zero-order valence-electron chi connectivity index (χ0n) is 15.4. The number of carbonyl (C=O) groups excluding carboxylic acids is 1. The number of thiazole rings is 1. The molecular formula is C21H20N2O4S. The van der Waals surface area contributed by atoms with Gasteiger partial charge in [0.15, 0.2) is 11.5 Å². The van der Waals surface area contributed by atoms with Crippen LogP contribution in [-0.4, -0.2) is 31.2 Å². The standard InChI is InChI=1S/C21H20N2O4S/c1-25-17-6-2-14(3-7-17)21-23-16(13-28-21)5-9-20(24)22-15-4-8-18-19(12-15)27-11-10-26-18/h2-4,6-8,12-13H,5,9-11H2,1H3,(H,22,24). The van der Waals surface area contributed by atoms with Crippen LogP contribution in [0, 0.1) is 0 Å². The normalized spacial score (nSPS) is 12.5. The number of ether oxygens (including phenoxy) is 3. The Morgan fingerprint density at radius 3 is 2.71 bits per heavy atom. The predicted octanol–water partition coefficient (Wildman–Crippen LogP) is 4.16. The van der Waals surface area contributed by atoms with Crippen molar-refractivity contribution in [3.05, 3.63) is 53.5 Å². The molecule has 2 aromatic carbocycles.